The molecule has 2 N–H and O–H groups in total. The summed E-state index contributed by atoms with van der Waals surface area (Å²) < 4.78 is 1.74. The second-order valence-corrected chi connectivity index (χ2v) is 7.63. The maximum atomic E-state index is 10.7. The molecule has 4 heterocycles. The lowest BCUT2D eigenvalue weighted by molar-refractivity contribution is 0.473. The first kappa shape index (κ1) is 17.8. The van der Waals surface area contributed by atoms with E-state index in [4.69, 9.17) is 4.98 Å². The van der Waals surface area contributed by atoms with Crippen molar-refractivity contribution in [2.45, 2.75) is 19.4 Å². The molecule has 3 aromatic heterocycles. The van der Waals surface area contributed by atoms with E-state index in [1.807, 2.05) is 45.4 Å². The number of fused-ring (bicyclic) bond motifs is 2. The molecule has 1 fully saturated rings. The van der Waals surface area contributed by atoms with E-state index in [-0.39, 0.29) is 5.75 Å². The Kier molecular flexibility index (Phi) is 4.09. The molecule has 1 saturated heterocycles. The van der Waals surface area contributed by atoms with Gasteiger partial charge in [0.1, 0.15) is 17.1 Å². The lowest BCUT2D eigenvalue weighted by Crippen LogP contribution is -2.29. The van der Waals surface area contributed by atoms with E-state index in [9.17, 15) is 5.11 Å². The average molecular weight is 389 g/mol. The van der Waals surface area contributed by atoms with E-state index < -0.39 is 0 Å². The van der Waals surface area contributed by atoms with Crippen LogP contribution in [0.5, 0.6) is 5.75 Å². The highest BCUT2D eigenvalue weighted by molar-refractivity contribution is 5.90. The molecular weight excluding hydrogens is 366 g/mol. The summed E-state index contributed by atoms with van der Waals surface area (Å²) in [6.45, 7) is 3.80. The molecule has 0 unspecified atom stereocenters. The number of nitrogens with zero attached hydrogens (tertiary/aromatic N) is 6. The maximum absolute atomic E-state index is 10.7. The molecule has 148 valence electrons. The van der Waals surface area contributed by atoms with E-state index in [0.29, 0.717) is 17.4 Å². The molecule has 1 aromatic carbocycles. The highest BCUT2D eigenvalue weighted by Crippen LogP contribution is 2.35. The van der Waals surface area contributed by atoms with E-state index in [2.05, 4.69) is 25.3 Å². The van der Waals surface area contributed by atoms with E-state index in [1.165, 1.54) is 0 Å². The Hall–Kier alpha value is -3.26. The summed E-state index contributed by atoms with van der Waals surface area (Å²) in [5.41, 5.74) is 3.62. The van der Waals surface area contributed by atoms with Crippen molar-refractivity contribution >= 4 is 27.8 Å². The Morgan fingerprint density at radius 2 is 2.07 bits per heavy atom. The van der Waals surface area contributed by atoms with Crippen molar-refractivity contribution in [1.82, 2.24) is 30.0 Å². The number of aromatic hydroxyl groups is 1. The van der Waals surface area contributed by atoms with Gasteiger partial charge >= 0.3 is 0 Å². The Bertz CT molecular complexity index is 1230. The minimum atomic E-state index is 0.162. The molecule has 0 saturated carbocycles. The number of rotatable bonds is 3. The highest BCUT2D eigenvalue weighted by atomic mass is 16.3. The van der Waals surface area contributed by atoms with Gasteiger partial charge in [0, 0.05) is 43.3 Å². The number of hydrogen-bond donors (Lipinski definition) is 2. The molecular formula is C21H23N7O. The second kappa shape index (κ2) is 6.66. The number of aryl methyl sites for hydroxylation is 2. The van der Waals surface area contributed by atoms with Crippen molar-refractivity contribution in [1.29, 1.82) is 0 Å². The molecule has 0 spiro atoms. The number of aromatic nitrogens is 5. The number of phenolic OH excluding ortho intramolecular Hbond substituents is 1. The molecule has 29 heavy (non-hydrogen) atoms. The molecule has 1 aliphatic rings. The van der Waals surface area contributed by atoms with Crippen molar-refractivity contribution in [3.63, 3.8) is 0 Å². The van der Waals surface area contributed by atoms with Gasteiger partial charge in [0.2, 0.25) is 0 Å². The molecule has 8 heteroatoms. The number of benzene rings is 1. The SMILES string of the molecule is CN[C@@H]1CCN(c2ccc3nc(-c4cc5cn(C)nc5c(C)c4O)ncc3n2)C1. The lowest BCUT2D eigenvalue weighted by atomic mass is 10.1. The standard InChI is InChI=1S/C21H23N7O/c1-12-19-13(10-27(3)26-19)8-15(20(12)29)21-23-9-17-16(25-21)4-5-18(24-17)28-7-6-14(11-28)22-2/h4-5,8-10,14,22,29H,6-7,11H2,1-3H3/t14-/m1/s1. The third-order valence-corrected chi connectivity index (χ3v) is 5.71. The van der Waals surface area contributed by atoms with Gasteiger partial charge in [-0.05, 0) is 38.6 Å². The fourth-order valence-corrected chi connectivity index (χ4v) is 4.03. The zero-order valence-electron chi connectivity index (χ0n) is 16.7. The second-order valence-electron chi connectivity index (χ2n) is 7.63. The van der Waals surface area contributed by atoms with Crippen LogP contribution in [0, 0.1) is 6.92 Å². The van der Waals surface area contributed by atoms with Crippen LogP contribution in [0.25, 0.3) is 33.3 Å². The van der Waals surface area contributed by atoms with Crippen LogP contribution in [-0.4, -0.2) is 56.0 Å². The smallest absolute Gasteiger partial charge is 0.163 e. The fourth-order valence-electron chi connectivity index (χ4n) is 4.03. The Labute approximate surface area is 168 Å². The number of nitrogens with one attached hydrogen (secondary N) is 1. The number of pyridine rings is 1. The van der Waals surface area contributed by atoms with Gasteiger partial charge in [-0.2, -0.15) is 5.10 Å². The van der Waals surface area contributed by atoms with Crippen molar-refractivity contribution in [3.8, 4) is 17.1 Å². The Balaban J connectivity index is 1.54. The normalized spacial score (nSPS) is 16.9. The Morgan fingerprint density at radius 3 is 2.86 bits per heavy atom. The average Bonchev–Trinajstić information content (AvgIpc) is 3.36. The largest absolute Gasteiger partial charge is 0.507 e. The van der Waals surface area contributed by atoms with Gasteiger partial charge in [-0.25, -0.2) is 15.0 Å². The first-order valence-corrected chi connectivity index (χ1v) is 9.76. The van der Waals surface area contributed by atoms with E-state index >= 15 is 0 Å². The first-order chi connectivity index (χ1) is 14.0. The quantitative estimate of drug-likeness (QED) is 0.556. The number of phenols is 1. The zero-order chi connectivity index (χ0) is 20.1. The fraction of sp³-hybridized carbons (Fsp3) is 0.333. The van der Waals surface area contributed by atoms with Gasteiger partial charge in [-0.1, -0.05) is 0 Å². The molecule has 1 aliphatic heterocycles. The third-order valence-electron chi connectivity index (χ3n) is 5.71. The van der Waals surface area contributed by atoms with Crippen molar-refractivity contribution in [3.05, 3.63) is 36.2 Å². The summed E-state index contributed by atoms with van der Waals surface area (Å²) in [6, 6.07) is 6.37. The Morgan fingerprint density at radius 1 is 1.21 bits per heavy atom. The molecule has 0 bridgehead atoms. The van der Waals surface area contributed by atoms with Crippen LogP contribution in [0.1, 0.15) is 12.0 Å². The highest BCUT2D eigenvalue weighted by Gasteiger charge is 2.22. The predicted octanol–water partition coefficient (Wildman–Crippen LogP) is 2.39. The summed E-state index contributed by atoms with van der Waals surface area (Å²) in [7, 11) is 3.86. The number of likely N-dealkylation sites (N-methyl/N-ethyl adjacent to an activating group) is 1. The maximum Gasteiger partial charge on any atom is 0.163 e. The molecule has 1 atom stereocenters. The third kappa shape index (κ3) is 2.96. The van der Waals surface area contributed by atoms with Gasteiger partial charge in [-0.15, -0.1) is 0 Å². The summed E-state index contributed by atoms with van der Waals surface area (Å²) in [5, 5.41) is 19.4. The van der Waals surface area contributed by atoms with Crippen molar-refractivity contribution in [2.24, 2.45) is 7.05 Å². The van der Waals surface area contributed by atoms with Crippen molar-refractivity contribution < 1.29 is 5.11 Å². The molecule has 4 aromatic rings. The number of hydrogen-bond acceptors (Lipinski definition) is 7. The zero-order valence-corrected chi connectivity index (χ0v) is 16.7. The van der Waals surface area contributed by atoms with Crippen LogP contribution >= 0.6 is 0 Å². The van der Waals surface area contributed by atoms with Crippen molar-refractivity contribution in [2.75, 3.05) is 25.0 Å². The molecule has 8 nitrogen and oxygen atoms in total. The molecule has 5 rings (SSSR count). The van der Waals surface area contributed by atoms with Crippen LogP contribution in [0.4, 0.5) is 5.82 Å². The van der Waals surface area contributed by atoms with Gasteiger partial charge < -0.3 is 15.3 Å². The predicted molar refractivity (Wildman–Crippen MR) is 113 cm³/mol. The molecule has 0 aliphatic carbocycles. The van der Waals surface area contributed by atoms with Gasteiger partial charge in [0.05, 0.1) is 22.8 Å². The summed E-state index contributed by atoms with van der Waals surface area (Å²) >= 11 is 0. The van der Waals surface area contributed by atoms with Crippen LogP contribution < -0.4 is 10.2 Å². The van der Waals surface area contributed by atoms with Crippen LogP contribution in [0.2, 0.25) is 0 Å². The minimum Gasteiger partial charge on any atom is -0.507 e. The van der Waals surface area contributed by atoms with Gasteiger partial charge in [-0.3, -0.25) is 4.68 Å². The minimum absolute atomic E-state index is 0.162. The van der Waals surface area contributed by atoms with E-state index in [0.717, 1.165) is 52.8 Å². The monoisotopic (exact) mass is 389 g/mol. The summed E-state index contributed by atoms with van der Waals surface area (Å²) in [4.78, 5) is 16.2. The van der Waals surface area contributed by atoms with Gasteiger partial charge in [0.15, 0.2) is 5.82 Å². The summed E-state index contributed by atoms with van der Waals surface area (Å²) in [6.07, 6.45) is 4.77. The summed E-state index contributed by atoms with van der Waals surface area (Å²) in [5.74, 6) is 1.59. The molecule has 0 amide bonds. The first-order valence-electron chi connectivity index (χ1n) is 9.76. The lowest BCUT2D eigenvalue weighted by Gasteiger charge is -2.17. The number of anilines is 1. The van der Waals surface area contributed by atoms with Crippen LogP contribution in [-0.2, 0) is 7.05 Å². The van der Waals surface area contributed by atoms with Gasteiger partial charge in [0.25, 0.3) is 0 Å². The van der Waals surface area contributed by atoms with E-state index in [1.54, 1.807) is 10.9 Å². The topological polar surface area (TPSA) is 92.0 Å². The van der Waals surface area contributed by atoms with Crippen LogP contribution in [0.15, 0.2) is 30.6 Å². The molecule has 0 radical (unpaired) electrons. The van der Waals surface area contributed by atoms with Crippen LogP contribution in [0.3, 0.4) is 0 Å².